The molecule has 1 aromatic carbocycles. The molecule has 0 saturated carbocycles. The van der Waals surface area contributed by atoms with Crippen LogP contribution in [-0.2, 0) is 6.54 Å². The number of benzene rings is 1. The molecule has 1 aromatic heterocycles. The van der Waals surface area contributed by atoms with Crippen LogP contribution in [0.4, 0.5) is 4.39 Å². The fourth-order valence-electron chi connectivity index (χ4n) is 2.02. The molecule has 1 heterocycles. The van der Waals surface area contributed by atoms with Crippen molar-refractivity contribution in [3.8, 4) is 11.3 Å². The third-order valence-electron chi connectivity index (χ3n) is 3.25. The highest BCUT2D eigenvalue weighted by Crippen LogP contribution is 2.25. The topological polar surface area (TPSA) is 42.7 Å². The summed E-state index contributed by atoms with van der Waals surface area (Å²) in [4.78, 5) is 0. The molecule has 102 valence electrons. The van der Waals surface area contributed by atoms with E-state index in [1.54, 1.807) is 16.9 Å². The number of rotatable bonds is 5. The van der Waals surface area contributed by atoms with Crippen LogP contribution in [0.2, 0.25) is 0 Å². The van der Waals surface area contributed by atoms with Crippen LogP contribution in [0.25, 0.3) is 11.3 Å². The van der Waals surface area contributed by atoms with Crippen LogP contribution in [0.5, 0.6) is 0 Å². The van der Waals surface area contributed by atoms with Gasteiger partial charge in [-0.15, -0.1) is 5.10 Å². The Morgan fingerprint density at radius 3 is 2.89 bits per heavy atom. The van der Waals surface area contributed by atoms with Gasteiger partial charge in [-0.1, -0.05) is 18.2 Å². The second kappa shape index (κ2) is 5.93. The Morgan fingerprint density at radius 1 is 1.42 bits per heavy atom. The minimum atomic E-state index is -0.244. The Kier molecular flexibility index (Phi) is 4.27. The molecule has 0 fully saturated rings. The maximum Gasteiger partial charge on any atom is 0.132 e. The van der Waals surface area contributed by atoms with Crippen molar-refractivity contribution < 1.29 is 4.39 Å². The number of hydrogen-bond donors (Lipinski definition) is 1. The average Bonchev–Trinajstić information content (AvgIpc) is 2.87. The van der Waals surface area contributed by atoms with E-state index in [0.29, 0.717) is 5.56 Å². The summed E-state index contributed by atoms with van der Waals surface area (Å²) < 4.78 is 15.8. The van der Waals surface area contributed by atoms with E-state index in [9.17, 15) is 4.39 Å². The van der Waals surface area contributed by atoms with Gasteiger partial charge >= 0.3 is 0 Å². The van der Waals surface area contributed by atoms with Gasteiger partial charge in [-0.2, -0.15) is 0 Å². The van der Waals surface area contributed by atoms with Crippen molar-refractivity contribution in [3.63, 3.8) is 0 Å². The number of hydrogen-bond acceptors (Lipinski definition) is 3. The van der Waals surface area contributed by atoms with E-state index in [4.69, 9.17) is 0 Å². The van der Waals surface area contributed by atoms with Gasteiger partial charge in [0.1, 0.15) is 5.82 Å². The first kappa shape index (κ1) is 13.7. The summed E-state index contributed by atoms with van der Waals surface area (Å²) in [6, 6.07) is 5.34. The molecule has 19 heavy (non-hydrogen) atoms. The predicted octanol–water partition coefficient (Wildman–Crippen LogP) is 2.77. The average molecular weight is 262 g/mol. The summed E-state index contributed by atoms with van der Waals surface area (Å²) in [5.74, 6) is -0.244. The monoisotopic (exact) mass is 262 g/mol. The third kappa shape index (κ3) is 2.81. The first-order valence-corrected chi connectivity index (χ1v) is 6.53. The van der Waals surface area contributed by atoms with E-state index in [0.717, 1.165) is 24.2 Å². The normalized spacial score (nSPS) is 12.6. The Bertz CT molecular complexity index is 550. The largest absolute Gasteiger partial charge is 0.313 e. The molecule has 5 heteroatoms. The van der Waals surface area contributed by atoms with Crippen molar-refractivity contribution in [1.82, 2.24) is 20.3 Å². The Morgan fingerprint density at radius 2 is 2.21 bits per heavy atom. The molecular weight excluding hydrogens is 243 g/mol. The molecule has 0 spiro atoms. The highest BCUT2D eigenvalue weighted by Gasteiger charge is 2.13. The fourth-order valence-corrected chi connectivity index (χ4v) is 2.02. The molecule has 0 saturated heterocycles. The summed E-state index contributed by atoms with van der Waals surface area (Å²) in [6.45, 7) is 4.83. The molecule has 1 N–H and O–H groups in total. The van der Waals surface area contributed by atoms with E-state index in [-0.39, 0.29) is 11.9 Å². The van der Waals surface area contributed by atoms with E-state index in [2.05, 4.69) is 22.6 Å². The third-order valence-corrected chi connectivity index (χ3v) is 3.25. The first-order chi connectivity index (χ1) is 9.17. The molecule has 0 bridgehead atoms. The zero-order valence-corrected chi connectivity index (χ0v) is 11.5. The van der Waals surface area contributed by atoms with Crippen LogP contribution in [0.15, 0.2) is 24.4 Å². The van der Waals surface area contributed by atoms with Crippen molar-refractivity contribution in [2.75, 3.05) is 7.05 Å². The molecule has 4 nitrogen and oxygen atoms in total. The highest BCUT2D eigenvalue weighted by molar-refractivity contribution is 5.60. The fraction of sp³-hybridized carbons (Fsp3) is 0.429. The number of nitrogens with zero attached hydrogens (tertiary/aromatic N) is 3. The summed E-state index contributed by atoms with van der Waals surface area (Å²) in [7, 11) is 1.89. The molecule has 1 atom stereocenters. The number of nitrogens with one attached hydrogen (secondary N) is 1. The zero-order valence-electron chi connectivity index (χ0n) is 11.5. The zero-order chi connectivity index (χ0) is 13.8. The molecule has 0 aliphatic rings. The lowest BCUT2D eigenvalue weighted by atomic mass is 10.0. The van der Waals surface area contributed by atoms with Gasteiger partial charge in [-0.05, 0) is 38.1 Å². The van der Waals surface area contributed by atoms with Crippen LogP contribution < -0.4 is 5.32 Å². The van der Waals surface area contributed by atoms with Crippen LogP contribution in [-0.4, -0.2) is 22.0 Å². The van der Waals surface area contributed by atoms with Crippen molar-refractivity contribution in [2.45, 2.75) is 32.9 Å². The smallest absolute Gasteiger partial charge is 0.132 e. The van der Waals surface area contributed by atoms with Crippen molar-refractivity contribution in [1.29, 1.82) is 0 Å². The van der Waals surface area contributed by atoms with Gasteiger partial charge in [-0.25, -0.2) is 9.07 Å². The van der Waals surface area contributed by atoms with Crippen LogP contribution in [0.1, 0.15) is 31.9 Å². The molecule has 2 aromatic rings. The highest BCUT2D eigenvalue weighted by atomic mass is 19.1. The number of halogens is 1. The first-order valence-electron chi connectivity index (χ1n) is 6.53. The second-order valence-electron chi connectivity index (χ2n) is 4.59. The summed E-state index contributed by atoms with van der Waals surface area (Å²) >= 11 is 0. The van der Waals surface area contributed by atoms with E-state index >= 15 is 0 Å². The maximum absolute atomic E-state index is 14.0. The predicted molar refractivity (Wildman–Crippen MR) is 73.2 cm³/mol. The Balaban J connectivity index is 2.45. The van der Waals surface area contributed by atoms with Gasteiger partial charge in [0.25, 0.3) is 0 Å². The van der Waals surface area contributed by atoms with Crippen LogP contribution in [0.3, 0.4) is 0 Å². The summed E-state index contributed by atoms with van der Waals surface area (Å²) in [5, 5.41) is 11.0. The van der Waals surface area contributed by atoms with Gasteiger partial charge in [-0.3, -0.25) is 0 Å². The lowest BCUT2D eigenvalue weighted by Crippen LogP contribution is -2.12. The van der Waals surface area contributed by atoms with Crippen molar-refractivity contribution in [2.24, 2.45) is 0 Å². The number of aromatic nitrogens is 3. The minimum absolute atomic E-state index is 0.176. The van der Waals surface area contributed by atoms with E-state index < -0.39 is 0 Å². The molecular formula is C14H19FN4. The Labute approximate surface area is 112 Å². The lowest BCUT2D eigenvalue weighted by Gasteiger charge is -2.13. The van der Waals surface area contributed by atoms with E-state index in [1.807, 2.05) is 20.0 Å². The second-order valence-corrected chi connectivity index (χ2v) is 4.59. The van der Waals surface area contributed by atoms with Gasteiger partial charge in [0.2, 0.25) is 0 Å². The minimum Gasteiger partial charge on any atom is -0.313 e. The van der Waals surface area contributed by atoms with Crippen LogP contribution >= 0.6 is 0 Å². The van der Waals surface area contributed by atoms with Crippen molar-refractivity contribution >= 4 is 0 Å². The van der Waals surface area contributed by atoms with Gasteiger partial charge in [0, 0.05) is 18.2 Å². The van der Waals surface area contributed by atoms with Crippen LogP contribution in [0, 0.1) is 5.82 Å². The SMILES string of the molecule is CCCn1nncc1-c1cc(C(C)NC)ccc1F. The lowest BCUT2D eigenvalue weighted by molar-refractivity contribution is 0.577. The molecule has 1 unspecified atom stereocenters. The van der Waals surface area contributed by atoms with Gasteiger partial charge in [0.15, 0.2) is 0 Å². The Hall–Kier alpha value is -1.75. The summed E-state index contributed by atoms with van der Waals surface area (Å²) in [5.41, 5.74) is 2.32. The molecule has 0 aliphatic heterocycles. The molecule has 0 aliphatic carbocycles. The van der Waals surface area contributed by atoms with Gasteiger partial charge < -0.3 is 5.32 Å². The van der Waals surface area contributed by atoms with E-state index in [1.165, 1.54) is 6.07 Å². The quantitative estimate of drug-likeness (QED) is 0.901. The molecule has 0 amide bonds. The summed E-state index contributed by atoms with van der Waals surface area (Å²) in [6.07, 6.45) is 2.55. The maximum atomic E-state index is 14.0. The van der Waals surface area contributed by atoms with Crippen molar-refractivity contribution in [3.05, 3.63) is 35.8 Å². The molecule has 2 rings (SSSR count). The van der Waals surface area contributed by atoms with Gasteiger partial charge in [0.05, 0.1) is 11.9 Å². The number of aryl methyl sites for hydroxylation is 1. The molecule has 0 radical (unpaired) electrons. The standard InChI is InChI=1S/C14H19FN4/c1-4-7-19-14(9-17-18-19)12-8-11(10(2)16-3)5-6-13(12)15/h5-6,8-10,16H,4,7H2,1-3H3.